The van der Waals surface area contributed by atoms with Gasteiger partial charge >= 0.3 is 0 Å². The number of hydrogen-bond donors (Lipinski definition) is 1. The van der Waals surface area contributed by atoms with Crippen LogP contribution in [0.25, 0.3) is 0 Å². The van der Waals surface area contributed by atoms with Crippen LogP contribution in [0.5, 0.6) is 5.75 Å². The van der Waals surface area contributed by atoms with Crippen LogP contribution in [0.15, 0.2) is 22.7 Å². The molecular formula is C14H13BrO4. The highest BCUT2D eigenvalue weighted by atomic mass is 79.9. The molecule has 0 unspecified atom stereocenters. The molecule has 0 spiro atoms. The highest BCUT2D eigenvalue weighted by Gasteiger charge is 2.29. The molecule has 0 saturated carbocycles. The minimum absolute atomic E-state index is 0.0528. The molecule has 1 N–H and O–H groups in total. The fourth-order valence-electron chi connectivity index (χ4n) is 1.97. The van der Waals surface area contributed by atoms with Gasteiger partial charge < -0.3 is 9.84 Å². The van der Waals surface area contributed by atoms with E-state index in [9.17, 15) is 14.7 Å². The van der Waals surface area contributed by atoms with Crippen molar-refractivity contribution in [2.75, 3.05) is 6.61 Å². The van der Waals surface area contributed by atoms with E-state index >= 15 is 0 Å². The molecule has 2 rings (SSSR count). The Hall–Kier alpha value is -1.46. The first kappa shape index (κ1) is 14.0. The van der Waals surface area contributed by atoms with E-state index in [2.05, 4.69) is 15.9 Å². The van der Waals surface area contributed by atoms with Crippen LogP contribution in [0, 0.1) is 0 Å². The molecule has 4 nitrogen and oxygen atoms in total. The summed E-state index contributed by atoms with van der Waals surface area (Å²) in [4.78, 5) is 24.0. The van der Waals surface area contributed by atoms with Gasteiger partial charge in [0, 0.05) is 18.2 Å². The average molecular weight is 325 g/mol. The smallest absolute Gasteiger partial charge is 0.204 e. The standard InChI is InChI=1S/C14H13BrO4/c1-2-5-19-7-8-3-4-10(16)13-12(8)11(17)6-9(15)14(13)18/h3-4,6,16H,2,5,7H2,1H3. The van der Waals surface area contributed by atoms with Crippen LogP contribution < -0.4 is 0 Å². The molecule has 0 aromatic heterocycles. The second-order valence-corrected chi connectivity index (χ2v) is 5.09. The third-order valence-electron chi connectivity index (χ3n) is 2.82. The first-order chi connectivity index (χ1) is 9.06. The molecule has 0 amide bonds. The van der Waals surface area contributed by atoms with Gasteiger partial charge in [0.2, 0.25) is 5.78 Å². The highest BCUT2D eigenvalue weighted by molar-refractivity contribution is 9.12. The van der Waals surface area contributed by atoms with Crippen LogP contribution in [-0.4, -0.2) is 23.3 Å². The van der Waals surface area contributed by atoms with Gasteiger partial charge in [0.1, 0.15) is 5.75 Å². The zero-order valence-corrected chi connectivity index (χ0v) is 12.0. The normalized spacial score (nSPS) is 14.3. The Morgan fingerprint density at radius 3 is 2.68 bits per heavy atom. The van der Waals surface area contributed by atoms with Crippen LogP contribution in [0.4, 0.5) is 0 Å². The molecular weight excluding hydrogens is 312 g/mol. The monoisotopic (exact) mass is 324 g/mol. The van der Waals surface area contributed by atoms with Crippen molar-refractivity contribution >= 4 is 27.5 Å². The number of halogens is 1. The van der Waals surface area contributed by atoms with E-state index in [1.54, 1.807) is 6.07 Å². The maximum absolute atomic E-state index is 12.0. The van der Waals surface area contributed by atoms with Crippen LogP contribution in [0.1, 0.15) is 39.6 Å². The predicted molar refractivity (Wildman–Crippen MR) is 73.7 cm³/mol. The lowest BCUT2D eigenvalue weighted by atomic mass is 9.90. The molecule has 1 aliphatic rings. The largest absolute Gasteiger partial charge is 0.507 e. The zero-order chi connectivity index (χ0) is 14.0. The lowest BCUT2D eigenvalue weighted by Gasteiger charge is -2.17. The number of ether oxygens (including phenoxy) is 1. The Kier molecular flexibility index (Phi) is 4.17. The lowest BCUT2D eigenvalue weighted by Crippen LogP contribution is -2.17. The molecule has 0 heterocycles. The van der Waals surface area contributed by atoms with E-state index in [0.29, 0.717) is 12.2 Å². The second kappa shape index (κ2) is 5.67. The number of ketones is 2. The quantitative estimate of drug-likeness (QED) is 0.865. The topological polar surface area (TPSA) is 63.6 Å². The van der Waals surface area contributed by atoms with Crippen LogP contribution in [0.2, 0.25) is 0 Å². The molecule has 100 valence electrons. The maximum atomic E-state index is 12.0. The molecule has 1 aromatic rings. The highest BCUT2D eigenvalue weighted by Crippen LogP contribution is 2.33. The van der Waals surface area contributed by atoms with Gasteiger partial charge in [-0.05, 0) is 34.0 Å². The minimum atomic E-state index is -0.385. The summed E-state index contributed by atoms with van der Waals surface area (Å²) in [5, 5.41) is 9.80. The molecule has 0 aliphatic heterocycles. The van der Waals surface area contributed by atoms with E-state index in [1.165, 1.54) is 12.1 Å². The summed E-state index contributed by atoms with van der Waals surface area (Å²) in [6, 6.07) is 3.03. The van der Waals surface area contributed by atoms with Crippen molar-refractivity contribution < 1.29 is 19.4 Å². The van der Waals surface area contributed by atoms with Gasteiger partial charge in [-0.2, -0.15) is 0 Å². The minimum Gasteiger partial charge on any atom is -0.507 e. The Bertz CT molecular complexity index is 575. The van der Waals surface area contributed by atoms with Crippen molar-refractivity contribution in [2.24, 2.45) is 0 Å². The number of hydrogen-bond acceptors (Lipinski definition) is 4. The maximum Gasteiger partial charge on any atom is 0.204 e. The van der Waals surface area contributed by atoms with E-state index in [4.69, 9.17) is 4.74 Å². The number of phenolic OH excluding ortho intramolecular Hbond substituents is 1. The molecule has 1 aliphatic carbocycles. The van der Waals surface area contributed by atoms with Crippen molar-refractivity contribution in [1.82, 2.24) is 0 Å². The number of Topliss-reactive ketones (excluding diaryl/α,β-unsaturated/α-hetero) is 1. The lowest BCUT2D eigenvalue weighted by molar-refractivity contribution is 0.0977. The number of carbonyl (C=O) groups is 2. The van der Waals surface area contributed by atoms with Gasteiger partial charge in [0.05, 0.1) is 16.7 Å². The molecule has 0 radical (unpaired) electrons. The molecule has 0 fully saturated rings. The Morgan fingerprint density at radius 2 is 2.00 bits per heavy atom. The summed E-state index contributed by atoms with van der Waals surface area (Å²) >= 11 is 3.03. The first-order valence-corrected chi connectivity index (χ1v) is 6.74. The zero-order valence-electron chi connectivity index (χ0n) is 10.4. The Labute approximate surface area is 119 Å². The fourth-order valence-corrected chi connectivity index (χ4v) is 2.37. The molecule has 19 heavy (non-hydrogen) atoms. The van der Waals surface area contributed by atoms with Crippen LogP contribution in [0.3, 0.4) is 0 Å². The average Bonchev–Trinajstić information content (AvgIpc) is 2.38. The Balaban J connectivity index is 2.47. The number of aromatic hydroxyl groups is 1. The van der Waals surface area contributed by atoms with Crippen LogP contribution in [-0.2, 0) is 11.3 Å². The summed E-state index contributed by atoms with van der Waals surface area (Å²) in [7, 11) is 0. The van der Waals surface area contributed by atoms with E-state index in [1.807, 2.05) is 6.92 Å². The van der Waals surface area contributed by atoms with Gasteiger partial charge in [-0.15, -0.1) is 0 Å². The molecule has 0 bridgehead atoms. The van der Waals surface area contributed by atoms with Gasteiger partial charge in [0.15, 0.2) is 5.78 Å². The third-order valence-corrected chi connectivity index (χ3v) is 3.41. The summed E-state index contributed by atoms with van der Waals surface area (Å²) in [5.74, 6) is -0.866. The SMILES string of the molecule is CCCOCc1ccc(O)c2c1C(=O)C=C(Br)C2=O. The number of benzene rings is 1. The van der Waals surface area contributed by atoms with E-state index in [-0.39, 0.29) is 39.5 Å². The number of carbonyl (C=O) groups excluding carboxylic acids is 2. The third kappa shape index (κ3) is 2.62. The fraction of sp³-hybridized carbons (Fsp3) is 0.286. The van der Waals surface area contributed by atoms with Gasteiger partial charge in [-0.1, -0.05) is 13.0 Å². The summed E-state index contributed by atoms with van der Waals surface area (Å²) < 4.78 is 5.57. The van der Waals surface area contributed by atoms with Crippen molar-refractivity contribution in [1.29, 1.82) is 0 Å². The van der Waals surface area contributed by atoms with Crippen molar-refractivity contribution in [2.45, 2.75) is 20.0 Å². The van der Waals surface area contributed by atoms with Crippen molar-refractivity contribution in [3.63, 3.8) is 0 Å². The van der Waals surface area contributed by atoms with Crippen molar-refractivity contribution in [3.8, 4) is 5.75 Å². The van der Waals surface area contributed by atoms with Gasteiger partial charge in [-0.25, -0.2) is 0 Å². The number of rotatable bonds is 4. The number of allylic oxidation sites excluding steroid dienone is 2. The molecule has 5 heteroatoms. The first-order valence-electron chi connectivity index (χ1n) is 5.95. The molecule has 0 saturated heterocycles. The van der Waals surface area contributed by atoms with Gasteiger partial charge in [-0.3, -0.25) is 9.59 Å². The summed E-state index contributed by atoms with van der Waals surface area (Å²) in [6.45, 7) is 2.82. The van der Waals surface area contributed by atoms with E-state index in [0.717, 1.165) is 6.42 Å². The molecule has 0 atom stereocenters. The van der Waals surface area contributed by atoms with Crippen LogP contribution >= 0.6 is 15.9 Å². The molecule has 1 aromatic carbocycles. The predicted octanol–water partition coefficient (Wildman–Crippen LogP) is 2.98. The van der Waals surface area contributed by atoms with Crippen molar-refractivity contribution in [3.05, 3.63) is 39.4 Å². The Morgan fingerprint density at radius 1 is 1.26 bits per heavy atom. The summed E-state index contributed by atoms with van der Waals surface area (Å²) in [6.07, 6.45) is 2.10. The number of phenols is 1. The summed E-state index contributed by atoms with van der Waals surface area (Å²) in [5.41, 5.74) is 0.914. The second-order valence-electron chi connectivity index (χ2n) is 4.23. The van der Waals surface area contributed by atoms with E-state index < -0.39 is 0 Å². The van der Waals surface area contributed by atoms with Gasteiger partial charge in [0.25, 0.3) is 0 Å². The number of fused-ring (bicyclic) bond motifs is 1.